The highest BCUT2D eigenvalue weighted by Crippen LogP contribution is 2.25. The lowest BCUT2D eigenvalue weighted by atomic mass is 10.2. The number of halogens is 2. The highest BCUT2D eigenvalue weighted by molar-refractivity contribution is 6.31. The summed E-state index contributed by atoms with van der Waals surface area (Å²) in [4.78, 5) is 0. The number of nitrogens with one attached hydrogen (secondary N) is 2. The first-order valence-electron chi connectivity index (χ1n) is 4.88. The summed E-state index contributed by atoms with van der Waals surface area (Å²) in [7, 11) is 0. The van der Waals surface area contributed by atoms with E-state index in [4.69, 9.17) is 11.6 Å². The zero-order valence-electron chi connectivity index (χ0n) is 8.67. The van der Waals surface area contributed by atoms with Crippen molar-refractivity contribution in [3.8, 4) is 0 Å². The Morgan fingerprint density at radius 3 is 2.94 bits per heavy atom. The van der Waals surface area contributed by atoms with Crippen LogP contribution in [0, 0.1) is 5.82 Å². The third kappa shape index (κ3) is 2.17. The van der Waals surface area contributed by atoms with Crippen molar-refractivity contribution in [2.45, 2.75) is 13.0 Å². The number of benzene rings is 1. The van der Waals surface area contributed by atoms with Crippen molar-refractivity contribution in [2.75, 3.05) is 5.32 Å². The second kappa shape index (κ2) is 4.53. The van der Waals surface area contributed by atoms with E-state index in [0.717, 1.165) is 5.69 Å². The van der Waals surface area contributed by atoms with Gasteiger partial charge in [-0.05, 0) is 25.1 Å². The van der Waals surface area contributed by atoms with E-state index in [0.29, 0.717) is 5.69 Å². The third-order valence-corrected chi connectivity index (χ3v) is 2.60. The Morgan fingerprint density at radius 1 is 1.44 bits per heavy atom. The molecule has 0 spiro atoms. The molecule has 0 amide bonds. The number of aromatic nitrogens is 2. The number of anilines is 1. The first-order chi connectivity index (χ1) is 7.68. The largest absolute Gasteiger partial charge is 0.375 e. The molecule has 0 aliphatic heterocycles. The smallest absolute Gasteiger partial charge is 0.164 e. The number of rotatable bonds is 3. The van der Waals surface area contributed by atoms with Gasteiger partial charge in [-0.2, -0.15) is 5.10 Å². The molecule has 1 aromatic carbocycles. The summed E-state index contributed by atoms with van der Waals surface area (Å²) in [6, 6.07) is 6.64. The Hall–Kier alpha value is -1.55. The first-order valence-corrected chi connectivity index (χ1v) is 5.26. The molecule has 1 atom stereocenters. The third-order valence-electron chi connectivity index (χ3n) is 2.31. The van der Waals surface area contributed by atoms with Gasteiger partial charge in [0.15, 0.2) is 5.82 Å². The molecule has 0 aliphatic carbocycles. The molecular formula is C11H11ClFN3. The predicted molar refractivity (Wildman–Crippen MR) is 62.0 cm³/mol. The van der Waals surface area contributed by atoms with Gasteiger partial charge in [-0.25, -0.2) is 4.39 Å². The molecule has 0 radical (unpaired) electrons. The van der Waals surface area contributed by atoms with Crippen LogP contribution in [-0.4, -0.2) is 10.2 Å². The summed E-state index contributed by atoms with van der Waals surface area (Å²) in [6.07, 6.45) is 1.65. The maximum Gasteiger partial charge on any atom is 0.164 e. The van der Waals surface area contributed by atoms with Crippen LogP contribution in [0.15, 0.2) is 30.5 Å². The molecule has 3 nitrogen and oxygen atoms in total. The van der Waals surface area contributed by atoms with Crippen LogP contribution < -0.4 is 5.32 Å². The van der Waals surface area contributed by atoms with E-state index in [9.17, 15) is 4.39 Å². The molecule has 0 bridgehead atoms. The van der Waals surface area contributed by atoms with Crippen LogP contribution in [0.2, 0.25) is 5.02 Å². The summed E-state index contributed by atoms with van der Waals surface area (Å²) in [5.74, 6) is -0.435. The Labute approximate surface area is 97.6 Å². The molecular weight excluding hydrogens is 229 g/mol. The molecule has 5 heteroatoms. The number of hydrogen-bond acceptors (Lipinski definition) is 2. The van der Waals surface area contributed by atoms with Crippen molar-refractivity contribution in [3.63, 3.8) is 0 Å². The average molecular weight is 240 g/mol. The molecule has 16 heavy (non-hydrogen) atoms. The number of hydrogen-bond donors (Lipinski definition) is 2. The predicted octanol–water partition coefficient (Wildman–Crippen LogP) is 3.38. The van der Waals surface area contributed by atoms with E-state index < -0.39 is 5.82 Å². The van der Waals surface area contributed by atoms with E-state index in [1.54, 1.807) is 18.3 Å². The van der Waals surface area contributed by atoms with Crippen molar-refractivity contribution in [1.82, 2.24) is 10.2 Å². The van der Waals surface area contributed by atoms with Gasteiger partial charge >= 0.3 is 0 Å². The molecule has 2 N–H and O–H groups in total. The zero-order chi connectivity index (χ0) is 11.5. The van der Waals surface area contributed by atoms with Crippen LogP contribution in [0.5, 0.6) is 0 Å². The van der Waals surface area contributed by atoms with Crippen LogP contribution >= 0.6 is 11.6 Å². The molecule has 1 heterocycles. The van der Waals surface area contributed by atoms with Crippen molar-refractivity contribution in [2.24, 2.45) is 0 Å². The van der Waals surface area contributed by atoms with Gasteiger partial charge in [0.25, 0.3) is 0 Å². The lowest BCUT2D eigenvalue weighted by Crippen LogP contribution is -2.08. The van der Waals surface area contributed by atoms with Gasteiger partial charge < -0.3 is 5.32 Å². The minimum atomic E-state index is -0.435. The van der Waals surface area contributed by atoms with Crippen LogP contribution in [-0.2, 0) is 0 Å². The fourth-order valence-electron chi connectivity index (χ4n) is 1.43. The molecule has 0 aliphatic rings. The van der Waals surface area contributed by atoms with E-state index >= 15 is 0 Å². The monoisotopic (exact) mass is 239 g/mol. The van der Waals surface area contributed by atoms with Crippen LogP contribution in [0.25, 0.3) is 0 Å². The summed E-state index contributed by atoms with van der Waals surface area (Å²) in [5, 5.41) is 9.80. The minimum absolute atomic E-state index is 0.0598. The summed E-state index contributed by atoms with van der Waals surface area (Å²) in [6.45, 7) is 1.91. The van der Waals surface area contributed by atoms with E-state index in [2.05, 4.69) is 15.5 Å². The fraction of sp³-hybridized carbons (Fsp3) is 0.182. The van der Waals surface area contributed by atoms with Gasteiger partial charge in [-0.1, -0.05) is 17.7 Å². The highest BCUT2D eigenvalue weighted by atomic mass is 35.5. The van der Waals surface area contributed by atoms with Gasteiger partial charge in [0.1, 0.15) is 0 Å². The number of aromatic amines is 1. The molecule has 2 rings (SSSR count). The normalized spacial score (nSPS) is 12.4. The molecule has 0 saturated carbocycles. The summed E-state index contributed by atoms with van der Waals surface area (Å²) < 4.78 is 13.6. The molecule has 0 saturated heterocycles. The second-order valence-corrected chi connectivity index (χ2v) is 3.89. The van der Waals surface area contributed by atoms with Crippen LogP contribution in [0.3, 0.4) is 0 Å². The average Bonchev–Trinajstić information content (AvgIpc) is 2.78. The van der Waals surface area contributed by atoms with Gasteiger partial charge in [0.05, 0.1) is 22.4 Å². The standard InChI is InChI=1S/C11H11ClFN3/c1-7(9-5-6-14-16-9)15-10-4-2-3-8(12)11(10)13/h2-7,15H,1H3,(H,14,16). The van der Waals surface area contributed by atoms with Crippen molar-refractivity contribution < 1.29 is 4.39 Å². The Morgan fingerprint density at radius 2 is 2.25 bits per heavy atom. The highest BCUT2D eigenvalue weighted by Gasteiger charge is 2.11. The summed E-state index contributed by atoms with van der Waals surface area (Å²) >= 11 is 5.69. The Bertz CT molecular complexity index is 470. The minimum Gasteiger partial charge on any atom is -0.375 e. The maximum absolute atomic E-state index is 13.6. The van der Waals surface area contributed by atoms with Crippen molar-refractivity contribution in [3.05, 3.63) is 47.0 Å². The van der Waals surface area contributed by atoms with Gasteiger partial charge in [-0.15, -0.1) is 0 Å². The Balaban J connectivity index is 2.18. The van der Waals surface area contributed by atoms with Gasteiger partial charge in [-0.3, -0.25) is 5.10 Å². The van der Waals surface area contributed by atoms with E-state index in [1.165, 1.54) is 6.07 Å². The quantitative estimate of drug-likeness (QED) is 0.862. The van der Waals surface area contributed by atoms with Crippen molar-refractivity contribution in [1.29, 1.82) is 0 Å². The summed E-state index contributed by atoms with van der Waals surface area (Å²) in [5.41, 5.74) is 1.27. The van der Waals surface area contributed by atoms with Gasteiger partial charge in [0.2, 0.25) is 0 Å². The second-order valence-electron chi connectivity index (χ2n) is 3.48. The van der Waals surface area contributed by atoms with Gasteiger partial charge in [0, 0.05) is 6.20 Å². The van der Waals surface area contributed by atoms with Crippen molar-refractivity contribution >= 4 is 17.3 Å². The Kier molecular flexibility index (Phi) is 3.10. The lowest BCUT2D eigenvalue weighted by Gasteiger charge is -2.14. The molecule has 1 aromatic heterocycles. The molecule has 84 valence electrons. The number of nitrogens with zero attached hydrogens (tertiary/aromatic N) is 1. The fourth-order valence-corrected chi connectivity index (χ4v) is 1.61. The molecule has 1 unspecified atom stereocenters. The van der Waals surface area contributed by atoms with E-state index in [-0.39, 0.29) is 11.1 Å². The lowest BCUT2D eigenvalue weighted by molar-refractivity contribution is 0.627. The molecule has 0 fully saturated rings. The van der Waals surface area contributed by atoms with E-state index in [1.807, 2.05) is 13.0 Å². The van der Waals surface area contributed by atoms with Crippen LogP contribution in [0.1, 0.15) is 18.7 Å². The maximum atomic E-state index is 13.6. The topological polar surface area (TPSA) is 40.7 Å². The first kappa shape index (κ1) is 11.0. The number of H-pyrrole nitrogens is 1. The zero-order valence-corrected chi connectivity index (χ0v) is 9.42. The van der Waals surface area contributed by atoms with Crippen LogP contribution in [0.4, 0.5) is 10.1 Å². The SMILES string of the molecule is CC(Nc1cccc(Cl)c1F)c1ccn[nH]1. The molecule has 2 aromatic rings.